The molecule has 1 aromatic carbocycles. The number of hydrogen-bond donors (Lipinski definition) is 2. The second-order valence-electron chi connectivity index (χ2n) is 4.21. The molecule has 0 bridgehead atoms. The van der Waals surface area contributed by atoms with E-state index in [9.17, 15) is 0 Å². The van der Waals surface area contributed by atoms with Crippen molar-refractivity contribution in [1.82, 2.24) is 5.43 Å². The van der Waals surface area contributed by atoms with Gasteiger partial charge in [0.05, 0.1) is 7.11 Å². The van der Waals surface area contributed by atoms with Crippen LogP contribution in [0.2, 0.25) is 0 Å². The molecule has 0 radical (unpaired) electrons. The molecule has 1 aliphatic carbocycles. The number of rotatable bonds is 4. The minimum absolute atomic E-state index is 0.277. The highest BCUT2D eigenvalue weighted by Gasteiger charge is 2.31. The zero-order valence-electron chi connectivity index (χ0n) is 9.29. The van der Waals surface area contributed by atoms with Crippen molar-refractivity contribution in [3.8, 4) is 5.75 Å². The summed E-state index contributed by atoms with van der Waals surface area (Å²) in [6, 6.07) is 6.57. The molecule has 15 heavy (non-hydrogen) atoms. The van der Waals surface area contributed by atoms with E-state index in [1.807, 2.05) is 6.92 Å². The molecule has 82 valence electrons. The summed E-state index contributed by atoms with van der Waals surface area (Å²) in [6.45, 7) is 2.05. The number of aryl methyl sites for hydroxylation is 1. The number of hydrogen-bond acceptors (Lipinski definition) is 3. The third-order valence-electron chi connectivity index (χ3n) is 3.06. The van der Waals surface area contributed by atoms with Crippen molar-refractivity contribution in [3.63, 3.8) is 0 Å². The van der Waals surface area contributed by atoms with Gasteiger partial charge in [0.1, 0.15) is 5.75 Å². The Balaban J connectivity index is 2.26. The van der Waals surface area contributed by atoms with Crippen LogP contribution < -0.4 is 16.0 Å². The molecule has 0 spiro atoms. The fourth-order valence-electron chi connectivity index (χ4n) is 1.96. The summed E-state index contributed by atoms with van der Waals surface area (Å²) in [5.74, 6) is 7.22. The first kappa shape index (κ1) is 10.5. The molecule has 1 aliphatic rings. The number of methoxy groups -OCH3 is 1. The highest BCUT2D eigenvalue weighted by molar-refractivity contribution is 5.38. The van der Waals surface area contributed by atoms with Crippen molar-refractivity contribution in [2.75, 3.05) is 7.11 Å². The first-order chi connectivity index (χ1) is 7.26. The molecule has 1 atom stereocenters. The van der Waals surface area contributed by atoms with Crippen LogP contribution in [0.4, 0.5) is 0 Å². The van der Waals surface area contributed by atoms with Crippen molar-refractivity contribution in [2.45, 2.75) is 25.8 Å². The summed E-state index contributed by atoms with van der Waals surface area (Å²) >= 11 is 0. The lowest BCUT2D eigenvalue weighted by molar-refractivity contribution is 0.408. The number of nitrogens with one attached hydrogen (secondary N) is 1. The lowest BCUT2D eigenvalue weighted by atomic mass is 10.0. The summed E-state index contributed by atoms with van der Waals surface area (Å²) in [4.78, 5) is 0. The molecule has 2 rings (SSSR count). The Morgan fingerprint density at radius 3 is 2.73 bits per heavy atom. The Bertz CT molecular complexity index is 347. The van der Waals surface area contributed by atoms with E-state index < -0.39 is 0 Å². The van der Waals surface area contributed by atoms with E-state index in [1.54, 1.807) is 7.11 Å². The average Bonchev–Trinajstić information content (AvgIpc) is 3.06. The zero-order valence-corrected chi connectivity index (χ0v) is 9.29. The first-order valence-electron chi connectivity index (χ1n) is 5.37. The molecular weight excluding hydrogens is 188 g/mol. The average molecular weight is 206 g/mol. The molecular formula is C12H18N2O. The minimum atomic E-state index is 0.277. The maximum Gasteiger partial charge on any atom is 0.122 e. The van der Waals surface area contributed by atoms with Gasteiger partial charge in [-0.3, -0.25) is 11.3 Å². The van der Waals surface area contributed by atoms with E-state index in [0.29, 0.717) is 5.92 Å². The molecule has 1 fully saturated rings. The largest absolute Gasteiger partial charge is 0.496 e. The lowest BCUT2D eigenvalue weighted by Gasteiger charge is -2.17. The highest BCUT2D eigenvalue weighted by Crippen LogP contribution is 2.41. The van der Waals surface area contributed by atoms with Crippen molar-refractivity contribution in [1.29, 1.82) is 0 Å². The van der Waals surface area contributed by atoms with Crippen LogP contribution in [0, 0.1) is 12.8 Å². The van der Waals surface area contributed by atoms with Crippen molar-refractivity contribution >= 4 is 0 Å². The van der Waals surface area contributed by atoms with Crippen molar-refractivity contribution in [2.24, 2.45) is 11.8 Å². The van der Waals surface area contributed by atoms with Crippen LogP contribution >= 0.6 is 0 Å². The second-order valence-corrected chi connectivity index (χ2v) is 4.21. The fourth-order valence-corrected chi connectivity index (χ4v) is 1.96. The van der Waals surface area contributed by atoms with Crippen molar-refractivity contribution in [3.05, 3.63) is 29.3 Å². The number of hydrazine groups is 1. The number of benzene rings is 1. The third-order valence-corrected chi connectivity index (χ3v) is 3.06. The van der Waals surface area contributed by atoms with Gasteiger partial charge in [0, 0.05) is 6.04 Å². The zero-order chi connectivity index (χ0) is 10.8. The molecule has 0 saturated heterocycles. The van der Waals surface area contributed by atoms with E-state index >= 15 is 0 Å². The molecule has 0 amide bonds. The van der Waals surface area contributed by atoms with Crippen molar-refractivity contribution < 1.29 is 4.74 Å². The van der Waals surface area contributed by atoms with Gasteiger partial charge < -0.3 is 4.74 Å². The minimum Gasteiger partial charge on any atom is -0.496 e. The Labute approximate surface area is 90.6 Å². The Hall–Kier alpha value is -1.06. The van der Waals surface area contributed by atoms with Gasteiger partial charge in [-0.25, -0.2) is 0 Å². The van der Waals surface area contributed by atoms with E-state index in [1.165, 1.54) is 18.4 Å². The predicted molar refractivity (Wildman–Crippen MR) is 60.5 cm³/mol. The van der Waals surface area contributed by atoms with Gasteiger partial charge in [-0.05, 0) is 42.9 Å². The normalized spacial score (nSPS) is 17.5. The van der Waals surface area contributed by atoms with Gasteiger partial charge in [-0.1, -0.05) is 12.1 Å². The molecule has 0 aliphatic heterocycles. The maximum atomic E-state index is 5.58. The van der Waals surface area contributed by atoms with Gasteiger partial charge in [0.2, 0.25) is 0 Å². The smallest absolute Gasteiger partial charge is 0.122 e. The quantitative estimate of drug-likeness (QED) is 0.584. The Kier molecular flexibility index (Phi) is 2.93. The molecule has 0 aromatic heterocycles. The van der Waals surface area contributed by atoms with E-state index in [2.05, 4.69) is 23.6 Å². The Morgan fingerprint density at radius 2 is 2.20 bits per heavy atom. The summed E-state index contributed by atoms with van der Waals surface area (Å²) in [6.07, 6.45) is 2.54. The van der Waals surface area contributed by atoms with E-state index in [-0.39, 0.29) is 6.04 Å². The van der Waals surface area contributed by atoms with Crippen LogP contribution in [-0.2, 0) is 0 Å². The Morgan fingerprint density at radius 1 is 1.47 bits per heavy atom. The van der Waals surface area contributed by atoms with Gasteiger partial charge >= 0.3 is 0 Å². The highest BCUT2D eigenvalue weighted by atomic mass is 16.5. The molecule has 3 N–H and O–H groups in total. The second kappa shape index (κ2) is 4.21. The van der Waals surface area contributed by atoms with E-state index in [4.69, 9.17) is 10.6 Å². The predicted octanol–water partition coefficient (Wildman–Crippen LogP) is 1.92. The van der Waals surface area contributed by atoms with Crippen LogP contribution in [-0.4, -0.2) is 7.11 Å². The molecule has 1 unspecified atom stereocenters. The number of nitrogens with two attached hydrogens (primary N) is 1. The van der Waals surface area contributed by atoms with Crippen LogP contribution in [0.15, 0.2) is 18.2 Å². The summed E-state index contributed by atoms with van der Waals surface area (Å²) in [7, 11) is 1.70. The summed E-state index contributed by atoms with van der Waals surface area (Å²) in [5, 5.41) is 0. The van der Waals surface area contributed by atoms with Gasteiger partial charge in [0.15, 0.2) is 0 Å². The SMILES string of the molecule is COc1cc(C(NN)C2CC2)ccc1C. The van der Waals surface area contributed by atoms with Gasteiger partial charge in [0.25, 0.3) is 0 Å². The third kappa shape index (κ3) is 2.13. The standard InChI is InChI=1S/C12H18N2O/c1-8-3-4-10(7-11(8)15-2)12(14-13)9-5-6-9/h3-4,7,9,12,14H,5-6,13H2,1-2H3. The molecule has 3 nitrogen and oxygen atoms in total. The summed E-state index contributed by atoms with van der Waals surface area (Å²) < 4.78 is 5.31. The molecule has 1 aromatic rings. The van der Waals surface area contributed by atoms with Gasteiger partial charge in [-0.15, -0.1) is 0 Å². The lowest BCUT2D eigenvalue weighted by Crippen LogP contribution is -2.29. The molecule has 1 saturated carbocycles. The maximum absolute atomic E-state index is 5.58. The van der Waals surface area contributed by atoms with Gasteiger partial charge in [-0.2, -0.15) is 0 Å². The fraction of sp³-hybridized carbons (Fsp3) is 0.500. The van der Waals surface area contributed by atoms with Crippen LogP contribution in [0.25, 0.3) is 0 Å². The molecule has 0 heterocycles. The first-order valence-corrected chi connectivity index (χ1v) is 5.37. The van der Waals surface area contributed by atoms with Crippen LogP contribution in [0.3, 0.4) is 0 Å². The van der Waals surface area contributed by atoms with Crippen LogP contribution in [0.5, 0.6) is 5.75 Å². The van der Waals surface area contributed by atoms with E-state index in [0.717, 1.165) is 11.3 Å². The summed E-state index contributed by atoms with van der Waals surface area (Å²) in [5.41, 5.74) is 5.28. The topological polar surface area (TPSA) is 47.3 Å². The number of ether oxygens (including phenoxy) is 1. The van der Waals surface area contributed by atoms with Crippen LogP contribution in [0.1, 0.15) is 30.0 Å². The molecule has 3 heteroatoms. The monoisotopic (exact) mass is 206 g/mol.